The van der Waals surface area contributed by atoms with Gasteiger partial charge in [0.2, 0.25) is 0 Å². The molecule has 46 heavy (non-hydrogen) atoms. The maximum atomic E-state index is 12.3. The molecule has 0 bridgehead atoms. The van der Waals surface area contributed by atoms with Gasteiger partial charge in [-0.1, -0.05) is 135 Å². The number of nitrogens with zero attached hydrogens (tertiary/aromatic N) is 1. The fraction of sp³-hybridized carbons (Fsp3) is 0.0227. The van der Waals surface area contributed by atoms with E-state index < -0.39 is 0 Å². The van der Waals surface area contributed by atoms with E-state index in [-0.39, 0.29) is 0 Å². The number of aldehydes is 1. The minimum atomic E-state index is 0.648. The van der Waals surface area contributed by atoms with Gasteiger partial charge in [0.05, 0.1) is 0 Å². The molecule has 0 aliphatic carbocycles. The van der Waals surface area contributed by atoms with E-state index in [4.69, 9.17) is 0 Å². The Kier molecular flexibility index (Phi) is 7.62. The van der Waals surface area contributed by atoms with E-state index in [0.29, 0.717) is 5.56 Å². The summed E-state index contributed by atoms with van der Waals surface area (Å²) in [5, 5.41) is 4.68. The molecule has 0 radical (unpaired) electrons. The first-order valence-corrected chi connectivity index (χ1v) is 15.4. The minimum absolute atomic E-state index is 0.648. The monoisotopic (exact) mass is 591 g/mol. The number of hydrogen-bond donors (Lipinski definition) is 0. The fourth-order valence-electron chi connectivity index (χ4n) is 6.71. The summed E-state index contributed by atoms with van der Waals surface area (Å²) in [5.41, 5.74) is 11.1. The van der Waals surface area contributed by atoms with Crippen LogP contribution in [0.3, 0.4) is 0 Å². The molecule has 7 aromatic carbocycles. The van der Waals surface area contributed by atoms with E-state index in [1.807, 2.05) is 54.6 Å². The molecular weight excluding hydrogens is 558 g/mol. The number of fused-ring (bicyclic) bond motifs is 2. The van der Waals surface area contributed by atoms with Crippen molar-refractivity contribution < 1.29 is 4.79 Å². The van der Waals surface area contributed by atoms with Gasteiger partial charge < -0.3 is 4.90 Å². The highest BCUT2D eigenvalue weighted by Crippen LogP contribution is 2.46. The third-order valence-electron chi connectivity index (χ3n) is 8.91. The van der Waals surface area contributed by atoms with Crippen molar-refractivity contribution in [2.45, 2.75) is 0 Å². The highest BCUT2D eigenvalue weighted by molar-refractivity contribution is 6.12. The summed E-state index contributed by atoms with van der Waals surface area (Å²) >= 11 is 0. The quantitative estimate of drug-likeness (QED) is 0.164. The van der Waals surface area contributed by atoms with Crippen LogP contribution in [-0.4, -0.2) is 13.3 Å². The van der Waals surface area contributed by atoms with Crippen LogP contribution in [0, 0.1) is 0 Å². The van der Waals surface area contributed by atoms with Crippen molar-refractivity contribution in [1.29, 1.82) is 0 Å². The normalized spacial score (nSPS) is 11.0. The predicted molar refractivity (Wildman–Crippen MR) is 198 cm³/mol. The zero-order valence-electron chi connectivity index (χ0n) is 25.8. The number of benzene rings is 7. The van der Waals surface area contributed by atoms with Gasteiger partial charge in [0.15, 0.2) is 6.29 Å². The third-order valence-corrected chi connectivity index (χ3v) is 8.91. The standard InChI is InChI=1S/C44H33NO/c1-4-36-37(5-2)44(40-22-14-13-21-39(40)43(36)32-24-23-30-15-9-10-16-31(30)27-32)33-25-26-42(45(3)35-18-7-6-8-19-35)41(28-33)38-20-12-11-17-34(38)29-46/h4-29H,1-2H2,3H3. The number of rotatable bonds is 8. The van der Waals surface area contributed by atoms with Gasteiger partial charge in [-0.3, -0.25) is 4.79 Å². The van der Waals surface area contributed by atoms with Crippen molar-refractivity contribution in [2.24, 2.45) is 0 Å². The lowest BCUT2D eigenvalue weighted by Gasteiger charge is -2.25. The molecular formula is C44H33NO. The molecule has 2 heteroatoms. The number of carbonyl (C=O) groups is 1. The van der Waals surface area contributed by atoms with Gasteiger partial charge in [0, 0.05) is 29.5 Å². The largest absolute Gasteiger partial charge is 0.344 e. The van der Waals surface area contributed by atoms with Crippen molar-refractivity contribution >= 4 is 51.4 Å². The Bertz CT molecular complexity index is 2280. The van der Waals surface area contributed by atoms with Crippen LogP contribution < -0.4 is 4.90 Å². The molecule has 0 amide bonds. The lowest BCUT2D eigenvalue weighted by molar-refractivity contribution is 0.112. The van der Waals surface area contributed by atoms with E-state index in [1.165, 1.54) is 10.8 Å². The van der Waals surface area contributed by atoms with Crippen molar-refractivity contribution in [1.82, 2.24) is 0 Å². The van der Waals surface area contributed by atoms with Crippen molar-refractivity contribution in [3.05, 3.63) is 169 Å². The van der Waals surface area contributed by atoms with Crippen LogP contribution in [-0.2, 0) is 0 Å². The van der Waals surface area contributed by atoms with Gasteiger partial charge in [-0.25, -0.2) is 0 Å². The van der Waals surface area contributed by atoms with Crippen molar-refractivity contribution in [3.63, 3.8) is 0 Å². The molecule has 0 aliphatic rings. The number of anilines is 2. The average Bonchev–Trinajstić information content (AvgIpc) is 3.13. The van der Waals surface area contributed by atoms with Crippen LogP contribution in [0.2, 0.25) is 0 Å². The van der Waals surface area contributed by atoms with Crippen LogP contribution in [0.25, 0.3) is 67.1 Å². The third kappa shape index (κ3) is 4.91. The Hall–Kier alpha value is -5.99. The minimum Gasteiger partial charge on any atom is -0.344 e. The Labute approximate surface area is 270 Å². The molecule has 7 rings (SSSR count). The Morgan fingerprint density at radius 2 is 1.11 bits per heavy atom. The summed E-state index contributed by atoms with van der Waals surface area (Å²) < 4.78 is 0. The second-order valence-corrected chi connectivity index (χ2v) is 11.4. The van der Waals surface area contributed by atoms with E-state index >= 15 is 0 Å². The molecule has 0 N–H and O–H groups in total. The Morgan fingerprint density at radius 1 is 0.543 bits per heavy atom. The molecule has 0 aliphatic heterocycles. The molecule has 0 heterocycles. The summed E-state index contributed by atoms with van der Waals surface area (Å²) in [6.45, 7) is 8.60. The summed E-state index contributed by atoms with van der Waals surface area (Å²) in [6, 6.07) is 48.3. The maximum Gasteiger partial charge on any atom is 0.150 e. The zero-order chi connectivity index (χ0) is 31.6. The molecule has 0 atom stereocenters. The number of carbonyl (C=O) groups excluding carboxylic acids is 1. The van der Waals surface area contributed by atoms with Gasteiger partial charge in [-0.15, -0.1) is 0 Å². The van der Waals surface area contributed by atoms with Gasteiger partial charge in [0.1, 0.15) is 0 Å². The summed E-state index contributed by atoms with van der Waals surface area (Å²) in [7, 11) is 2.07. The first-order chi connectivity index (χ1) is 22.6. The molecule has 0 saturated heterocycles. The molecule has 220 valence electrons. The summed E-state index contributed by atoms with van der Waals surface area (Å²) in [4.78, 5) is 14.5. The van der Waals surface area contributed by atoms with Gasteiger partial charge >= 0.3 is 0 Å². The van der Waals surface area contributed by atoms with E-state index in [0.717, 1.165) is 72.9 Å². The topological polar surface area (TPSA) is 20.3 Å². The molecule has 7 aromatic rings. The lowest BCUT2D eigenvalue weighted by Crippen LogP contribution is -2.11. The predicted octanol–water partition coefficient (Wildman–Crippen LogP) is 11.9. The molecule has 0 aromatic heterocycles. The molecule has 0 spiro atoms. The average molecular weight is 592 g/mol. The highest BCUT2D eigenvalue weighted by Gasteiger charge is 2.21. The maximum absolute atomic E-state index is 12.3. The van der Waals surface area contributed by atoms with Crippen LogP contribution in [0.5, 0.6) is 0 Å². The van der Waals surface area contributed by atoms with Crippen molar-refractivity contribution in [3.8, 4) is 33.4 Å². The Balaban J connectivity index is 1.53. The molecule has 0 fully saturated rings. The van der Waals surface area contributed by atoms with E-state index in [1.54, 1.807) is 0 Å². The second kappa shape index (κ2) is 12.2. The summed E-state index contributed by atoms with van der Waals surface area (Å²) in [5.74, 6) is 0. The summed E-state index contributed by atoms with van der Waals surface area (Å²) in [6.07, 6.45) is 4.84. The zero-order valence-corrected chi connectivity index (χ0v) is 25.8. The first kappa shape index (κ1) is 28.8. The van der Waals surface area contributed by atoms with Crippen LogP contribution in [0.1, 0.15) is 21.5 Å². The van der Waals surface area contributed by atoms with Crippen LogP contribution >= 0.6 is 0 Å². The second-order valence-electron chi connectivity index (χ2n) is 11.4. The van der Waals surface area contributed by atoms with Crippen LogP contribution in [0.15, 0.2) is 153 Å². The number of para-hydroxylation sites is 1. The van der Waals surface area contributed by atoms with Crippen LogP contribution in [0.4, 0.5) is 11.4 Å². The Morgan fingerprint density at radius 3 is 1.78 bits per heavy atom. The van der Waals surface area contributed by atoms with E-state index in [2.05, 4.69) is 122 Å². The fourth-order valence-corrected chi connectivity index (χ4v) is 6.71. The molecule has 0 saturated carbocycles. The van der Waals surface area contributed by atoms with Crippen molar-refractivity contribution in [2.75, 3.05) is 11.9 Å². The van der Waals surface area contributed by atoms with Gasteiger partial charge in [-0.05, 0) is 90.8 Å². The number of hydrogen-bond acceptors (Lipinski definition) is 2. The molecule has 0 unspecified atom stereocenters. The highest BCUT2D eigenvalue weighted by atomic mass is 16.1. The van der Waals surface area contributed by atoms with Gasteiger partial charge in [-0.2, -0.15) is 0 Å². The van der Waals surface area contributed by atoms with E-state index in [9.17, 15) is 4.79 Å². The van der Waals surface area contributed by atoms with Gasteiger partial charge in [0.25, 0.3) is 0 Å². The molecule has 2 nitrogen and oxygen atoms in total. The SMILES string of the molecule is C=Cc1c(C=C)c(-c2ccc3ccccc3c2)c2ccccc2c1-c1ccc(N(C)c2ccccc2)c(-c2ccccc2C=O)c1. The lowest BCUT2D eigenvalue weighted by atomic mass is 9.82. The smallest absolute Gasteiger partial charge is 0.150 e. The first-order valence-electron chi connectivity index (χ1n) is 15.4.